The third-order valence-electron chi connectivity index (χ3n) is 4.47. The van der Waals surface area contributed by atoms with Gasteiger partial charge in [-0.2, -0.15) is 0 Å². The zero-order chi connectivity index (χ0) is 13.6. The molecule has 0 unspecified atom stereocenters. The predicted molar refractivity (Wildman–Crippen MR) is 72.9 cm³/mol. The summed E-state index contributed by atoms with van der Waals surface area (Å²) < 4.78 is 0. The molecular weight excluding hydrogens is 264 g/mol. The number of rotatable bonds is 3. The van der Waals surface area contributed by atoms with E-state index in [9.17, 15) is 9.90 Å². The van der Waals surface area contributed by atoms with Gasteiger partial charge in [0.25, 0.3) is 0 Å². The molecule has 0 radical (unpaired) electrons. The Labute approximate surface area is 117 Å². The van der Waals surface area contributed by atoms with Crippen LogP contribution in [0.2, 0.25) is 5.02 Å². The van der Waals surface area contributed by atoms with E-state index in [1.165, 1.54) is 5.56 Å². The van der Waals surface area contributed by atoms with Crippen LogP contribution >= 0.6 is 11.6 Å². The number of benzene rings is 1. The number of phenolic OH excluding ortho intramolecular Hbond substituents is 1. The van der Waals surface area contributed by atoms with Crippen LogP contribution in [0.15, 0.2) is 6.07 Å². The summed E-state index contributed by atoms with van der Waals surface area (Å²) in [5, 5.41) is 19.8. The highest BCUT2D eigenvalue weighted by molar-refractivity contribution is 6.33. The number of halogens is 1. The average molecular weight is 281 g/mol. The summed E-state index contributed by atoms with van der Waals surface area (Å²) in [4.78, 5) is 11.0. The first-order valence-corrected chi connectivity index (χ1v) is 7.17. The van der Waals surface area contributed by atoms with E-state index in [1.807, 2.05) is 6.07 Å². The number of hydrogen-bond donors (Lipinski definition) is 2. The van der Waals surface area contributed by atoms with Gasteiger partial charge in [0, 0.05) is 11.0 Å². The lowest BCUT2D eigenvalue weighted by Crippen LogP contribution is -2.15. The molecule has 2 aliphatic rings. The molecule has 1 fully saturated rings. The fourth-order valence-corrected chi connectivity index (χ4v) is 3.55. The Kier molecular flexibility index (Phi) is 2.97. The SMILES string of the molecule is O=C(O)CC1(c2cc3c(c(Cl)c2O)CCCC3)CC1. The smallest absolute Gasteiger partial charge is 0.304 e. The molecule has 0 amide bonds. The second-order valence-electron chi connectivity index (χ2n) is 5.78. The Hall–Kier alpha value is -1.22. The molecule has 0 aliphatic heterocycles. The third-order valence-corrected chi connectivity index (χ3v) is 4.88. The van der Waals surface area contributed by atoms with Gasteiger partial charge in [-0.05, 0) is 49.7 Å². The zero-order valence-corrected chi connectivity index (χ0v) is 11.5. The van der Waals surface area contributed by atoms with Gasteiger partial charge in [-0.15, -0.1) is 0 Å². The lowest BCUT2D eigenvalue weighted by atomic mass is 9.84. The molecular formula is C15H17ClO3. The molecule has 1 saturated carbocycles. The first-order chi connectivity index (χ1) is 9.03. The minimum absolute atomic E-state index is 0.0790. The van der Waals surface area contributed by atoms with Crippen molar-refractivity contribution in [3.8, 4) is 5.75 Å². The number of fused-ring (bicyclic) bond motifs is 1. The zero-order valence-electron chi connectivity index (χ0n) is 10.7. The lowest BCUT2D eigenvalue weighted by molar-refractivity contribution is -0.137. The normalized spacial score (nSPS) is 19.8. The summed E-state index contributed by atoms with van der Waals surface area (Å²) in [7, 11) is 0. The van der Waals surface area contributed by atoms with Crippen LogP contribution in [0.5, 0.6) is 5.75 Å². The molecule has 2 N–H and O–H groups in total. The van der Waals surface area contributed by atoms with Gasteiger partial charge < -0.3 is 10.2 Å². The van der Waals surface area contributed by atoms with Gasteiger partial charge in [0.05, 0.1) is 11.4 Å². The third kappa shape index (κ3) is 2.10. The molecule has 0 aromatic heterocycles. The van der Waals surface area contributed by atoms with Crippen molar-refractivity contribution >= 4 is 17.6 Å². The van der Waals surface area contributed by atoms with Crippen LogP contribution in [0.4, 0.5) is 0 Å². The predicted octanol–water partition coefficient (Wildman–Crippen LogP) is 3.43. The van der Waals surface area contributed by atoms with Gasteiger partial charge in [-0.25, -0.2) is 0 Å². The Morgan fingerprint density at radius 1 is 1.32 bits per heavy atom. The molecule has 0 spiro atoms. The molecule has 0 saturated heterocycles. The summed E-state index contributed by atoms with van der Waals surface area (Å²) in [6.45, 7) is 0. The molecule has 3 rings (SSSR count). The molecule has 3 nitrogen and oxygen atoms in total. The first kappa shape index (κ1) is 12.8. The van der Waals surface area contributed by atoms with Crippen LogP contribution in [0.1, 0.15) is 48.8 Å². The van der Waals surface area contributed by atoms with Gasteiger partial charge >= 0.3 is 5.97 Å². The first-order valence-electron chi connectivity index (χ1n) is 6.79. The highest BCUT2D eigenvalue weighted by atomic mass is 35.5. The van der Waals surface area contributed by atoms with E-state index in [0.717, 1.165) is 49.7 Å². The van der Waals surface area contributed by atoms with E-state index in [0.29, 0.717) is 5.02 Å². The van der Waals surface area contributed by atoms with Gasteiger partial charge in [0.2, 0.25) is 0 Å². The minimum atomic E-state index is -0.814. The number of carboxylic acid groups (broad SMARTS) is 1. The molecule has 4 heteroatoms. The molecule has 0 bridgehead atoms. The van der Waals surface area contributed by atoms with Crippen molar-refractivity contribution in [1.82, 2.24) is 0 Å². The number of aromatic hydroxyl groups is 1. The van der Waals surface area contributed by atoms with Crippen molar-refractivity contribution in [2.24, 2.45) is 0 Å². The van der Waals surface area contributed by atoms with E-state index in [1.54, 1.807) is 0 Å². The van der Waals surface area contributed by atoms with Crippen LogP contribution in [0, 0.1) is 0 Å². The second kappa shape index (κ2) is 4.41. The van der Waals surface area contributed by atoms with Gasteiger partial charge in [0.15, 0.2) is 0 Å². The number of aryl methyl sites for hydroxylation is 1. The quantitative estimate of drug-likeness (QED) is 0.892. The topological polar surface area (TPSA) is 57.5 Å². The van der Waals surface area contributed by atoms with Crippen molar-refractivity contribution < 1.29 is 15.0 Å². The fraction of sp³-hybridized carbons (Fsp3) is 0.533. The Morgan fingerprint density at radius 3 is 2.63 bits per heavy atom. The van der Waals surface area contributed by atoms with E-state index in [2.05, 4.69) is 0 Å². The van der Waals surface area contributed by atoms with Crippen molar-refractivity contribution in [1.29, 1.82) is 0 Å². The summed E-state index contributed by atoms with van der Waals surface area (Å²) in [6, 6.07) is 2.01. The molecule has 0 atom stereocenters. The van der Waals surface area contributed by atoms with Crippen molar-refractivity contribution in [3.63, 3.8) is 0 Å². The summed E-state index contributed by atoms with van der Waals surface area (Å²) >= 11 is 6.29. The Balaban J connectivity index is 2.07. The standard InChI is InChI=1S/C15H17ClO3/c16-13-10-4-2-1-3-9(10)7-11(14(13)19)15(5-6-15)8-12(17)18/h7,19H,1-6,8H2,(H,17,18). The van der Waals surface area contributed by atoms with Crippen LogP contribution in [0.25, 0.3) is 0 Å². The number of phenols is 1. The Morgan fingerprint density at radius 2 is 2.00 bits per heavy atom. The minimum Gasteiger partial charge on any atom is -0.506 e. The van der Waals surface area contributed by atoms with Crippen molar-refractivity contribution in [2.45, 2.75) is 50.4 Å². The van der Waals surface area contributed by atoms with E-state index < -0.39 is 5.97 Å². The summed E-state index contributed by atoms with van der Waals surface area (Å²) in [5.74, 6) is -0.702. The largest absolute Gasteiger partial charge is 0.506 e. The molecule has 102 valence electrons. The highest BCUT2D eigenvalue weighted by Crippen LogP contribution is 2.56. The van der Waals surface area contributed by atoms with Gasteiger partial charge in [0.1, 0.15) is 5.75 Å². The number of carboxylic acids is 1. The summed E-state index contributed by atoms with van der Waals surface area (Å²) in [6.07, 6.45) is 5.85. The van der Waals surface area contributed by atoms with Crippen LogP contribution in [-0.2, 0) is 23.1 Å². The van der Waals surface area contributed by atoms with Gasteiger partial charge in [-0.1, -0.05) is 17.7 Å². The van der Waals surface area contributed by atoms with E-state index >= 15 is 0 Å². The van der Waals surface area contributed by atoms with E-state index in [-0.39, 0.29) is 17.6 Å². The van der Waals surface area contributed by atoms with E-state index in [4.69, 9.17) is 16.7 Å². The van der Waals surface area contributed by atoms with Crippen molar-refractivity contribution in [3.05, 3.63) is 27.8 Å². The monoisotopic (exact) mass is 280 g/mol. The van der Waals surface area contributed by atoms with Crippen LogP contribution in [0.3, 0.4) is 0 Å². The fourth-order valence-electron chi connectivity index (χ4n) is 3.23. The number of carbonyl (C=O) groups is 1. The van der Waals surface area contributed by atoms with Gasteiger partial charge in [-0.3, -0.25) is 4.79 Å². The molecule has 1 aromatic rings. The summed E-state index contributed by atoms with van der Waals surface area (Å²) in [5.41, 5.74) is 2.62. The van der Waals surface area contributed by atoms with Crippen LogP contribution in [-0.4, -0.2) is 16.2 Å². The highest BCUT2D eigenvalue weighted by Gasteiger charge is 2.48. The molecule has 1 aromatic carbocycles. The maximum absolute atomic E-state index is 11.0. The maximum Gasteiger partial charge on any atom is 0.304 e. The molecule has 2 aliphatic carbocycles. The van der Waals surface area contributed by atoms with Crippen molar-refractivity contribution in [2.75, 3.05) is 0 Å². The number of aliphatic carboxylic acids is 1. The lowest BCUT2D eigenvalue weighted by Gasteiger charge is -2.23. The Bertz CT molecular complexity index is 547. The van der Waals surface area contributed by atoms with Crippen LogP contribution < -0.4 is 0 Å². The molecule has 19 heavy (non-hydrogen) atoms. The molecule has 0 heterocycles. The second-order valence-corrected chi connectivity index (χ2v) is 6.16. The maximum atomic E-state index is 11.0. The number of hydrogen-bond acceptors (Lipinski definition) is 2. The average Bonchev–Trinajstić information content (AvgIpc) is 3.13.